The Bertz CT molecular complexity index is 354. The number of carboxylic acids is 1. The maximum absolute atomic E-state index is 10.5. The van der Waals surface area contributed by atoms with Gasteiger partial charge in [-0.2, -0.15) is 0 Å². The zero-order valence-corrected chi connectivity index (χ0v) is 9.45. The number of rotatable bonds is 3. The van der Waals surface area contributed by atoms with E-state index in [4.69, 9.17) is 5.11 Å². The second-order valence-corrected chi connectivity index (χ2v) is 3.66. The van der Waals surface area contributed by atoms with E-state index < -0.39 is 5.97 Å². The van der Waals surface area contributed by atoms with Crippen molar-refractivity contribution in [2.24, 2.45) is 0 Å². The van der Waals surface area contributed by atoms with Crippen molar-refractivity contribution in [3.05, 3.63) is 16.5 Å². The summed E-state index contributed by atoms with van der Waals surface area (Å²) in [7, 11) is 3.67. The number of anilines is 1. The van der Waals surface area contributed by atoms with Crippen LogP contribution in [0.4, 0.5) is 5.82 Å². The lowest BCUT2D eigenvalue weighted by atomic mass is 10.3. The number of halogens is 1. The van der Waals surface area contributed by atoms with Crippen molar-refractivity contribution >= 4 is 27.7 Å². The van der Waals surface area contributed by atoms with Crippen LogP contribution in [0.3, 0.4) is 0 Å². The molecule has 0 saturated heterocycles. The molecule has 0 saturated carbocycles. The van der Waals surface area contributed by atoms with Crippen molar-refractivity contribution in [1.82, 2.24) is 9.97 Å². The standard InChI is InChI=1S/C8H10BrN3O2/c1-12(2)6-3-5(4-7(13)14)10-8(9)11-6/h3H,4H2,1-2H3,(H,13,14). The van der Waals surface area contributed by atoms with Crippen molar-refractivity contribution in [2.45, 2.75) is 6.42 Å². The van der Waals surface area contributed by atoms with E-state index >= 15 is 0 Å². The summed E-state index contributed by atoms with van der Waals surface area (Å²) in [5.74, 6) is -0.219. The fourth-order valence-corrected chi connectivity index (χ4v) is 1.34. The molecule has 1 N–H and O–H groups in total. The summed E-state index contributed by atoms with van der Waals surface area (Å²) in [5.41, 5.74) is 0.489. The topological polar surface area (TPSA) is 66.3 Å². The highest BCUT2D eigenvalue weighted by Crippen LogP contribution is 2.13. The minimum atomic E-state index is -0.902. The van der Waals surface area contributed by atoms with Gasteiger partial charge in [0.05, 0.1) is 12.1 Å². The third-order valence-corrected chi connectivity index (χ3v) is 1.88. The number of carbonyl (C=O) groups is 1. The van der Waals surface area contributed by atoms with Gasteiger partial charge in [-0.1, -0.05) is 0 Å². The molecule has 0 atom stereocenters. The van der Waals surface area contributed by atoms with Crippen LogP contribution in [0.25, 0.3) is 0 Å². The molecule has 1 rings (SSSR count). The third kappa shape index (κ3) is 2.95. The second kappa shape index (κ2) is 4.36. The molecule has 0 aliphatic rings. The lowest BCUT2D eigenvalue weighted by Gasteiger charge is -2.11. The van der Waals surface area contributed by atoms with E-state index in [9.17, 15) is 4.79 Å². The average Bonchev–Trinajstić information content (AvgIpc) is 2.01. The molecule has 6 heteroatoms. The lowest BCUT2D eigenvalue weighted by Crippen LogP contribution is -2.13. The smallest absolute Gasteiger partial charge is 0.309 e. The summed E-state index contributed by atoms with van der Waals surface area (Å²) in [6.07, 6.45) is -0.0953. The number of carboxylic acid groups (broad SMARTS) is 1. The minimum absolute atomic E-state index is 0.0953. The Labute approximate surface area is 89.9 Å². The first-order chi connectivity index (χ1) is 6.49. The van der Waals surface area contributed by atoms with E-state index in [1.165, 1.54) is 0 Å². The van der Waals surface area contributed by atoms with E-state index in [1.807, 2.05) is 14.1 Å². The molecular formula is C8H10BrN3O2. The molecule has 1 aromatic rings. The first-order valence-electron chi connectivity index (χ1n) is 3.91. The van der Waals surface area contributed by atoms with Gasteiger partial charge < -0.3 is 10.0 Å². The molecule has 0 unspecified atom stereocenters. The number of aromatic nitrogens is 2. The molecule has 76 valence electrons. The molecule has 0 radical (unpaired) electrons. The molecule has 0 bridgehead atoms. The summed E-state index contributed by atoms with van der Waals surface area (Å²) >= 11 is 3.13. The largest absolute Gasteiger partial charge is 0.481 e. The Morgan fingerprint density at radius 1 is 1.57 bits per heavy atom. The second-order valence-electron chi connectivity index (χ2n) is 2.95. The van der Waals surface area contributed by atoms with Gasteiger partial charge in [-0.3, -0.25) is 4.79 Å². The molecule has 14 heavy (non-hydrogen) atoms. The van der Waals surface area contributed by atoms with Gasteiger partial charge in [0, 0.05) is 20.2 Å². The van der Waals surface area contributed by atoms with Crippen LogP contribution in [0.15, 0.2) is 10.8 Å². The number of aliphatic carboxylic acids is 1. The summed E-state index contributed by atoms with van der Waals surface area (Å²) in [5, 5.41) is 8.60. The van der Waals surface area contributed by atoms with Gasteiger partial charge in [0.25, 0.3) is 0 Å². The SMILES string of the molecule is CN(C)c1cc(CC(=O)O)nc(Br)n1. The molecular weight excluding hydrogens is 250 g/mol. The highest BCUT2D eigenvalue weighted by Gasteiger charge is 2.07. The molecule has 0 fully saturated rings. The van der Waals surface area contributed by atoms with Crippen LogP contribution in [-0.2, 0) is 11.2 Å². The quantitative estimate of drug-likeness (QED) is 0.819. The van der Waals surface area contributed by atoms with Crippen molar-refractivity contribution in [3.8, 4) is 0 Å². The van der Waals surface area contributed by atoms with E-state index in [0.717, 1.165) is 0 Å². The number of hydrogen-bond acceptors (Lipinski definition) is 4. The van der Waals surface area contributed by atoms with Gasteiger partial charge in [-0.25, -0.2) is 9.97 Å². The van der Waals surface area contributed by atoms with Gasteiger partial charge in [0.15, 0.2) is 4.73 Å². The van der Waals surface area contributed by atoms with Crippen molar-refractivity contribution in [3.63, 3.8) is 0 Å². The van der Waals surface area contributed by atoms with Gasteiger partial charge >= 0.3 is 5.97 Å². The first-order valence-corrected chi connectivity index (χ1v) is 4.71. The Morgan fingerprint density at radius 2 is 2.21 bits per heavy atom. The van der Waals surface area contributed by atoms with Crippen molar-refractivity contribution in [1.29, 1.82) is 0 Å². The Hall–Kier alpha value is -1.17. The predicted molar refractivity (Wildman–Crippen MR) is 55.4 cm³/mol. The summed E-state index contributed by atoms with van der Waals surface area (Å²) in [6.45, 7) is 0. The summed E-state index contributed by atoms with van der Waals surface area (Å²) < 4.78 is 0.403. The van der Waals surface area contributed by atoms with Crippen LogP contribution < -0.4 is 4.90 Å². The summed E-state index contributed by atoms with van der Waals surface area (Å²) in [4.78, 5) is 20.3. The fourth-order valence-electron chi connectivity index (χ4n) is 0.926. The van der Waals surface area contributed by atoms with Crippen molar-refractivity contribution in [2.75, 3.05) is 19.0 Å². The van der Waals surface area contributed by atoms with Gasteiger partial charge in [0.2, 0.25) is 0 Å². The van der Waals surface area contributed by atoms with Gasteiger partial charge in [-0.15, -0.1) is 0 Å². The normalized spacial score (nSPS) is 9.93. The molecule has 0 amide bonds. The lowest BCUT2D eigenvalue weighted by molar-refractivity contribution is -0.136. The van der Waals surface area contributed by atoms with E-state index in [2.05, 4.69) is 25.9 Å². The highest BCUT2D eigenvalue weighted by atomic mass is 79.9. The molecule has 5 nitrogen and oxygen atoms in total. The van der Waals surface area contributed by atoms with Gasteiger partial charge in [-0.05, 0) is 15.9 Å². The third-order valence-electron chi connectivity index (χ3n) is 1.53. The van der Waals surface area contributed by atoms with E-state index in [0.29, 0.717) is 16.2 Å². The fraction of sp³-hybridized carbons (Fsp3) is 0.375. The predicted octanol–water partition coefficient (Wildman–Crippen LogP) is 0.932. The monoisotopic (exact) mass is 259 g/mol. The summed E-state index contributed by atoms with van der Waals surface area (Å²) in [6, 6.07) is 1.65. The zero-order chi connectivity index (χ0) is 10.7. The molecule has 0 aromatic carbocycles. The van der Waals surface area contributed by atoms with Crippen LogP contribution in [0.2, 0.25) is 0 Å². The molecule has 1 heterocycles. The Kier molecular flexibility index (Phi) is 3.40. The molecule has 1 aromatic heterocycles. The highest BCUT2D eigenvalue weighted by molar-refractivity contribution is 9.10. The van der Waals surface area contributed by atoms with Crippen LogP contribution in [0, 0.1) is 0 Å². The number of hydrogen-bond donors (Lipinski definition) is 1. The van der Waals surface area contributed by atoms with Crippen LogP contribution in [0.1, 0.15) is 5.69 Å². The van der Waals surface area contributed by atoms with Crippen LogP contribution in [-0.4, -0.2) is 35.1 Å². The Morgan fingerprint density at radius 3 is 2.71 bits per heavy atom. The van der Waals surface area contributed by atoms with Gasteiger partial charge in [0.1, 0.15) is 5.82 Å². The van der Waals surface area contributed by atoms with Crippen LogP contribution >= 0.6 is 15.9 Å². The molecule has 0 aliphatic heterocycles. The van der Waals surface area contributed by atoms with Crippen molar-refractivity contribution < 1.29 is 9.90 Å². The number of nitrogens with zero attached hydrogens (tertiary/aromatic N) is 3. The maximum Gasteiger partial charge on any atom is 0.309 e. The maximum atomic E-state index is 10.5. The average molecular weight is 260 g/mol. The van der Waals surface area contributed by atoms with E-state index in [1.54, 1.807) is 11.0 Å². The molecule has 0 spiro atoms. The minimum Gasteiger partial charge on any atom is -0.481 e. The zero-order valence-electron chi connectivity index (χ0n) is 7.86. The van der Waals surface area contributed by atoms with E-state index in [-0.39, 0.29) is 6.42 Å². The molecule has 0 aliphatic carbocycles. The van der Waals surface area contributed by atoms with Crippen LogP contribution in [0.5, 0.6) is 0 Å². The first kappa shape index (κ1) is 10.9. The Balaban J connectivity index is 3.01.